The molecule has 1 aliphatic rings. The van der Waals surface area contributed by atoms with E-state index >= 15 is 0 Å². The van der Waals surface area contributed by atoms with Crippen molar-refractivity contribution in [2.24, 2.45) is 16.7 Å². The van der Waals surface area contributed by atoms with Crippen molar-refractivity contribution in [1.82, 2.24) is 4.90 Å². The summed E-state index contributed by atoms with van der Waals surface area (Å²) in [4.78, 5) is 25.8. The van der Waals surface area contributed by atoms with E-state index < -0.39 is 11.4 Å². The largest absolute Gasteiger partial charge is 0.481 e. The maximum Gasteiger partial charge on any atom is 0.310 e. The van der Waals surface area contributed by atoms with E-state index in [0.29, 0.717) is 0 Å². The molecule has 1 saturated heterocycles. The molecule has 0 saturated carbocycles. The van der Waals surface area contributed by atoms with Crippen molar-refractivity contribution in [1.29, 1.82) is 0 Å². The number of rotatable bonds is 4. The second-order valence-electron chi connectivity index (χ2n) is 7.45. The first-order chi connectivity index (χ1) is 9.08. The van der Waals surface area contributed by atoms with Gasteiger partial charge in [-0.05, 0) is 37.5 Å². The SMILES string of the molecule is CC(C)C(C)(CC(=O)N1CCCC(C)(C)CC1)C(=O)O. The van der Waals surface area contributed by atoms with Gasteiger partial charge in [0, 0.05) is 19.5 Å². The van der Waals surface area contributed by atoms with Crippen molar-refractivity contribution in [3.8, 4) is 0 Å². The summed E-state index contributed by atoms with van der Waals surface area (Å²) in [5.41, 5.74) is -0.692. The van der Waals surface area contributed by atoms with Crippen LogP contribution in [0.5, 0.6) is 0 Å². The van der Waals surface area contributed by atoms with Crippen LogP contribution in [-0.4, -0.2) is 35.0 Å². The molecule has 1 rings (SSSR count). The van der Waals surface area contributed by atoms with E-state index in [1.54, 1.807) is 6.92 Å². The second kappa shape index (κ2) is 6.15. The van der Waals surface area contributed by atoms with Crippen LogP contribution in [0.3, 0.4) is 0 Å². The molecule has 1 unspecified atom stereocenters. The Labute approximate surface area is 122 Å². The van der Waals surface area contributed by atoms with Gasteiger partial charge in [-0.2, -0.15) is 0 Å². The Morgan fingerprint density at radius 3 is 2.35 bits per heavy atom. The third-order valence-corrected chi connectivity index (χ3v) is 4.97. The lowest BCUT2D eigenvalue weighted by Crippen LogP contribution is -2.41. The highest BCUT2D eigenvalue weighted by Crippen LogP contribution is 2.34. The molecule has 0 aliphatic carbocycles. The highest BCUT2D eigenvalue weighted by atomic mass is 16.4. The van der Waals surface area contributed by atoms with Gasteiger partial charge in [0.25, 0.3) is 0 Å². The number of nitrogens with zero attached hydrogens (tertiary/aromatic N) is 1. The fourth-order valence-corrected chi connectivity index (χ4v) is 2.62. The second-order valence-corrected chi connectivity index (χ2v) is 7.45. The van der Waals surface area contributed by atoms with Gasteiger partial charge in [-0.3, -0.25) is 9.59 Å². The minimum atomic E-state index is -0.973. The number of carbonyl (C=O) groups excluding carboxylic acids is 1. The molecular formula is C16H29NO3. The van der Waals surface area contributed by atoms with Crippen LogP contribution in [0.2, 0.25) is 0 Å². The van der Waals surface area contributed by atoms with Gasteiger partial charge < -0.3 is 10.0 Å². The summed E-state index contributed by atoms with van der Waals surface area (Å²) < 4.78 is 0. The highest BCUT2D eigenvalue weighted by molar-refractivity contribution is 5.85. The van der Waals surface area contributed by atoms with Crippen LogP contribution in [0.25, 0.3) is 0 Å². The van der Waals surface area contributed by atoms with Crippen LogP contribution in [-0.2, 0) is 9.59 Å². The predicted molar refractivity (Wildman–Crippen MR) is 79.4 cm³/mol. The average Bonchev–Trinajstić information content (AvgIpc) is 2.49. The maximum atomic E-state index is 12.4. The van der Waals surface area contributed by atoms with Gasteiger partial charge in [0.1, 0.15) is 0 Å². The molecule has 4 heteroatoms. The van der Waals surface area contributed by atoms with E-state index in [4.69, 9.17) is 0 Å². The monoisotopic (exact) mass is 283 g/mol. The fourth-order valence-electron chi connectivity index (χ4n) is 2.62. The molecular weight excluding hydrogens is 254 g/mol. The topological polar surface area (TPSA) is 57.6 Å². The molecule has 0 spiro atoms. The summed E-state index contributed by atoms with van der Waals surface area (Å²) in [5.74, 6) is -0.954. The predicted octanol–water partition coefficient (Wildman–Crippen LogP) is 3.16. The van der Waals surface area contributed by atoms with Crippen LogP contribution in [0.15, 0.2) is 0 Å². The maximum absolute atomic E-state index is 12.4. The number of carboxylic acids is 1. The molecule has 0 aromatic carbocycles. The highest BCUT2D eigenvalue weighted by Gasteiger charge is 2.40. The van der Waals surface area contributed by atoms with Crippen molar-refractivity contribution < 1.29 is 14.7 Å². The zero-order valence-corrected chi connectivity index (χ0v) is 13.5. The first kappa shape index (κ1) is 17.0. The standard InChI is InChI=1S/C16H29NO3/c1-12(2)16(5,14(19)20)11-13(18)17-9-6-7-15(3,4)8-10-17/h12H,6-11H2,1-5H3,(H,19,20). The Bertz CT molecular complexity index is 376. The van der Waals surface area contributed by atoms with E-state index in [2.05, 4.69) is 13.8 Å². The van der Waals surface area contributed by atoms with Crippen molar-refractivity contribution in [2.75, 3.05) is 13.1 Å². The molecule has 0 radical (unpaired) electrons. The Hall–Kier alpha value is -1.06. The number of carbonyl (C=O) groups is 2. The van der Waals surface area contributed by atoms with Crippen molar-refractivity contribution in [2.45, 2.75) is 60.3 Å². The molecule has 0 aromatic rings. The number of likely N-dealkylation sites (tertiary alicyclic amines) is 1. The number of hydrogen-bond acceptors (Lipinski definition) is 2. The first-order valence-electron chi connectivity index (χ1n) is 7.60. The van der Waals surface area contributed by atoms with Crippen LogP contribution in [0.1, 0.15) is 60.3 Å². The number of amides is 1. The molecule has 1 atom stereocenters. The normalized spacial score (nSPS) is 22.2. The lowest BCUT2D eigenvalue weighted by atomic mass is 9.76. The molecule has 1 N–H and O–H groups in total. The lowest BCUT2D eigenvalue weighted by molar-refractivity contribution is -0.155. The van der Waals surface area contributed by atoms with E-state index in [-0.39, 0.29) is 23.7 Å². The number of hydrogen-bond donors (Lipinski definition) is 1. The van der Waals surface area contributed by atoms with Crippen LogP contribution in [0.4, 0.5) is 0 Å². The third kappa shape index (κ3) is 3.97. The molecule has 1 heterocycles. The van der Waals surface area contributed by atoms with Crippen LogP contribution < -0.4 is 0 Å². The first-order valence-corrected chi connectivity index (χ1v) is 7.60. The lowest BCUT2D eigenvalue weighted by Gasteiger charge is -2.31. The molecule has 1 fully saturated rings. The molecule has 0 aromatic heterocycles. The summed E-state index contributed by atoms with van der Waals surface area (Å²) >= 11 is 0. The van der Waals surface area contributed by atoms with Crippen molar-refractivity contribution in [3.63, 3.8) is 0 Å². The minimum absolute atomic E-state index is 0.0127. The van der Waals surface area contributed by atoms with Gasteiger partial charge in [0.2, 0.25) is 5.91 Å². The zero-order chi connectivity index (χ0) is 15.6. The van der Waals surface area contributed by atoms with Gasteiger partial charge in [0.15, 0.2) is 0 Å². The van der Waals surface area contributed by atoms with E-state index in [1.165, 1.54) is 0 Å². The molecule has 0 bridgehead atoms. The smallest absolute Gasteiger partial charge is 0.310 e. The van der Waals surface area contributed by atoms with Gasteiger partial charge in [-0.15, -0.1) is 0 Å². The Morgan fingerprint density at radius 2 is 1.85 bits per heavy atom. The summed E-state index contributed by atoms with van der Waals surface area (Å²) in [7, 11) is 0. The minimum Gasteiger partial charge on any atom is -0.481 e. The Kier molecular flexibility index (Phi) is 5.22. The Morgan fingerprint density at radius 1 is 1.25 bits per heavy atom. The van der Waals surface area contributed by atoms with Gasteiger partial charge in [-0.1, -0.05) is 27.7 Å². The van der Waals surface area contributed by atoms with E-state index in [0.717, 1.165) is 32.4 Å². The summed E-state index contributed by atoms with van der Waals surface area (Å²) in [6, 6.07) is 0. The van der Waals surface area contributed by atoms with E-state index in [9.17, 15) is 14.7 Å². The zero-order valence-electron chi connectivity index (χ0n) is 13.5. The van der Waals surface area contributed by atoms with Crippen LogP contribution >= 0.6 is 0 Å². The number of aliphatic carboxylic acids is 1. The Balaban J connectivity index is 2.73. The fraction of sp³-hybridized carbons (Fsp3) is 0.875. The molecule has 4 nitrogen and oxygen atoms in total. The molecule has 20 heavy (non-hydrogen) atoms. The van der Waals surface area contributed by atoms with Crippen molar-refractivity contribution >= 4 is 11.9 Å². The van der Waals surface area contributed by atoms with Gasteiger partial charge >= 0.3 is 5.97 Å². The van der Waals surface area contributed by atoms with Gasteiger partial charge in [0.05, 0.1) is 5.41 Å². The third-order valence-electron chi connectivity index (χ3n) is 4.97. The molecule has 1 aliphatic heterocycles. The average molecular weight is 283 g/mol. The number of carboxylic acid groups (broad SMARTS) is 1. The summed E-state index contributed by atoms with van der Waals surface area (Å²) in [6.45, 7) is 11.4. The summed E-state index contributed by atoms with van der Waals surface area (Å²) in [5, 5.41) is 9.42. The van der Waals surface area contributed by atoms with E-state index in [1.807, 2.05) is 18.7 Å². The molecule has 1 amide bonds. The molecule has 116 valence electrons. The quantitative estimate of drug-likeness (QED) is 0.862. The van der Waals surface area contributed by atoms with Crippen molar-refractivity contribution in [3.05, 3.63) is 0 Å². The summed E-state index contributed by atoms with van der Waals surface area (Å²) in [6.07, 6.45) is 3.21. The van der Waals surface area contributed by atoms with Gasteiger partial charge in [-0.25, -0.2) is 0 Å². The van der Waals surface area contributed by atoms with Crippen LogP contribution in [0, 0.1) is 16.7 Å².